The molecule has 0 N–H and O–H groups in total. The molecule has 1 heterocycles. The molecule has 0 radical (unpaired) electrons. The van der Waals surface area contributed by atoms with Gasteiger partial charge in [-0.1, -0.05) is 45.0 Å². The molecule has 94 valence electrons. The average Bonchev–Trinajstić information content (AvgIpc) is 2.68. The number of hydrogen-bond acceptors (Lipinski definition) is 1. The summed E-state index contributed by atoms with van der Waals surface area (Å²) in [5.41, 5.74) is 3.34. The third-order valence-electron chi connectivity index (χ3n) is 3.33. The smallest absolute Gasteiger partial charge is 0.0233 e. The predicted octanol–water partition coefficient (Wildman–Crippen LogP) is 3.87. The summed E-state index contributed by atoms with van der Waals surface area (Å²) in [6.07, 6.45) is 3.92. The molecule has 1 heteroatoms. The van der Waals surface area contributed by atoms with E-state index in [2.05, 4.69) is 49.9 Å². The molecule has 1 fully saturated rings. The first-order chi connectivity index (χ1) is 8.03. The molecule has 1 aromatic carbocycles. The lowest BCUT2D eigenvalue weighted by molar-refractivity contribution is 0.331. The highest BCUT2D eigenvalue weighted by atomic mass is 15.1. The molecule has 0 saturated carbocycles. The molecular formula is C16H25N. The monoisotopic (exact) mass is 231 g/mol. The molecule has 0 spiro atoms. The van der Waals surface area contributed by atoms with Crippen molar-refractivity contribution < 1.29 is 0 Å². The zero-order valence-electron chi connectivity index (χ0n) is 11.5. The topological polar surface area (TPSA) is 3.24 Å². The van der Waals surface area contributed by atoms with Crippen LogP contribution in [0.15, 0.2) is 24.3 Å². The number of benzene rings is 1. The van der Waals surface area contributed by atoms with Crippen molar-refractivity contribution in [1.82, 2.24) is 4.90 Å². The van der Waals surface area contributed by atoms with Crippen molar-refractivity contribution in [3.63, 3.8) is 0 Å². The lowest BCUT2D eigenvalue weighted by atomic mass is 9.88. The molecule has 0 aliphatic carbocycles. The van der Waals surface area contributed by atoms with E-state index >= 15 is 0 Å². The van der Waals surface area contributed by atoms with Gasteiger partial charge in [-0.05, 0) is 48.9 Å². The summed E-state index contributed by atoms with van der Waals surface area (Å²) in [4.78, 5) is 2.57. The number of likely N-dealkylation sites (tertiary alicyclic amines) is 1. The fourth-order valence-corrected chi connectivity index (χ4v) is 2.65. The van der Waals surface area contributed by atoms with Crippen molar-refractivity contribution in [2.75, 3.05) is 13.1 Å². The standard InChI is InChI=1S/C16H25N/c1-16(2,3)12-14-7-6-8-15(11-14)13-17-9-4-5-10-17/h6-8,11H,4-5,9-10,12-13H2,1-3H3. The third-order valence-corrected chi connectivity index (χ3v) is 3.33. The lowest BCUT2D eigenvalue weighted by Crippen LogP contribution is -2.18. The fraction of sp³-hybridized carbons (Fsp3) is 0.625. The van der Waals surface area contributed by atoms with Crippen LogP contribution in [0.3, 0.4) is 0 Å². The van der Waals surface area contributed by atoms with E-state index in [0.717, 1.165) is 6.54 Å². The van der Waals surface area contributed by atoms with Gasteiger partial charge in [0.15, 0.2) is 0 Å². The lowest BCUT2D eigenvalue weighted by Gasteiger charge is -2.19. The molecular weight excluding hydrogens is 206 g/mol. The van der Waals surface area contributed by atoms with Crippen molar-refractivity contribution in [1.29, 1.82) is 0 Å². The largest absolute Gasteiger partial charge is 0.299 e. The molecule has 1 nitrogen and oxygen atoms in total. The van der Waals surface area contributed by atoms with Gasteiger partial charge < -0.3 is 0 Å². The maximum absolute atomic E-state index is 2.57. The normalized spacial score (nSPS) is 17.6. The summed E-state index contributed by atoms with van der Waals surface area (Å²) in [5.74, 6) is 0. The Morgan fingerprint density at radius 1 is 1.06 bits per heavy atom. The van der Waals surface area contributed by atoms with Crippen LogP contribution in [0.1, 0.15) is 44.7 Å². The van der Waals surface area contributed by atoms with Crippen LogP contribution in [0, 0.1) is 5.41 Å². The van der Waals surface area contributed by atoms with Crippen LogP contribution in [0.2, 0.25) is 0 Å². The summed E-state index contributed by atoms with van der Waals surface area (Å²) in [6, 6.07) is 9.14. The predicted molar refractivity (Wildman–Crippen MR) is 74.1 cm³/mol. The SMILES string of the molecule is CC(C)(C)Cc1cccc(CN2CCCC2)c1. The van der Waals surface area contributed by atoms with Gasteiger partial charge in [0, 0.05) is 6.54 Å². The van der Waals surface area contributed by atoms with Gasteiger partial charge in [0.25, 0.3) is 0 Å². The molecule has 1 aliphatic rings. The summed E-state index contributed by atoms with van der Waals surface area (Å²) >= 11 is 0. The average molecular weight is 231 g/mol. The minimum Gasteiger partial charge on any atom is -0.299 e. The minimum atomic E-state index is 0.381. The molecule has 1 aromatic rings. The third kappa shape index (κ3) is 4.16. The van der Waals surface area contributed by atoms with E-state index in [-0.39, 0.29) is 0 Å². The zero-order valence-corrected chi connectivity index (χ0v) is 11.5. The van der Waals surface area contributed by atoms with E-state index in [0.29, 0.717) is 5.41 Å². The van der Waals surface area contributed by atoms with Gasteiger partial charge in [0.2, 0.25) is 0 Å². The van der Waals surface area contributed by atoms with Crippen LogP contribution >= 0.6 is 0 Å². The maximum atomic E-state index is 2.57. The maximum Gasteiger partial charge on any atom is 0.0233 e. The zero-order chi connectivity index (χ0) is 12.3. The summed E-state index contributed by atoms with van der Waals surface area (Å²) < 4.78 is 0. The molecule has 2 rings (SSSR count). The Morgan fingerprint density at radius 2 is 1.71 bits per heavy atom. The Labute approximate surface area is 106 Å². The van der Waals surface area contributed by atoms with E-state index in [9.17, 15) is 0 Å². The summed E-state index contributed by atoms with van der Waals surface area (Å²) in [7, 11) is 0. The quantitative estimate of drug-likeness (QED) is 0.763. The Kier molecular flexibility index (Phi) is 3.88. The van der Waals surface area contributed by atoms with Crippen molar-refractivity contribution >= 4 is 0 Å². The number of hydrogen-bond donors (Lipinski definition) is 0. The van der Waals surface area contributed by atoms with Crippen LogP contribution < -0.4 is 0 Å². The van der Waals surface area contributed by atoms with Crippen LogP contribution in [0.25, 0.3) is 0 Å². The molecule has 1 saturated heterocycles. The molecule has 0 aromatic heterocycles. The van der Waals surface area contributed by atoms with Crippen molar-refractivity contribution in [3.05, 3.63) is 35.4 Å². The van der Waals surface area contributed by atoms with E-state index in [1.165, 1.54) is 43.5 Å². The molecule has 0 bridgehead atoms. The Bertz CT molecular complexity index is 356. The van der Waals surface area contributed by atoms with E-state index in [1.807, 2.05) is 0 Å². The van der Waals surface area contributed by atoms with Crippen molar-refractivity contribution in [2.24, 2.45) is 5.41 Å². The highest BCUT2D eigenvalue weighted by Gasteiger charge is 2.14. The second-order valence-electron chi connectivity index (χ2n) is 6.54. The fourth-order valence-electron chi connectivity index (χ4n) is 2.65. The van der Waals surface area contributed by atoms with Gasteiger partial charge in [0.05, 0.1) is 0 Å². The van der Waals surface area contributed by atoms with Crippen molar-refractivity contribution in [2.45, 2.75) is 46.6 Å². The first kappa shape index (κ1) is 12.6. The van der Waals surface area contributed by atoms with Crippen molar-refractivity contribution in [3.8, 4) is 0 Å². The van der Waals surface area contributed by atoms with Gasteiger partial charge in [-0.25, -0.2) is 0 Å². The molecule has 0 amide bonds. The van der Waals surface area contributed by atoms with Gasteiger partial charge >= 0.3 is 0 Å². The van der Waals surface area contributed by atoms with Crippen LogP contribution in [-0.2, 0) is 13.0 Å². The van der Waals surface area contributed by atoms with Gasteiger partial charge in [-0.3, -0.25) is 4.90 Å². The molecule has 1 aliphatic heterocycles. The number of rotatable bonds is 3. The van der Waals surface area contributed by atoms with Gasteiger partial charge in [-0.2, -0.15) is 0 Å². The van der Waals surface area contributed by atoms with Crippen LogP contribution in [-0.4, -0.2) is 18.0 Å². The number of nitrogens with zero attached hydrogens (tertiary/aromatic N) is 1. The highest BCUT2D eigenvalue weighted by molar-refractivity contribution is 5.24. The Balaban J connectivity index is 2.00. The second kappa shape index (κ2) is 5.22. The first-order valence-electron chi connectivity index (χ1n) is 6.83. The van der Waals surface area contributed by atoms with Gasteiger partial charge in [0.1, 0.15) is 0 Å². The highest BCUT2D eigenvalue weighted by Crippen LogP contribution is 2.22. The Morgan fingerprint density at radius 3 is 2.35 bits per heavy atom. The van der Waals surface area contributed by atoms with Crippen LogP contribution in [0.4, 0.5) is 0 Å². The van der Waals surface area contributed by atoms with Crippen LogP contribution in [0.5, 0.6) is 0 Å². The van der Waals surface area contributed by atoms with E-state index in [1.54, 1.807) is 0 Å². The van der Waals surface area contributed by atoms with Gasteiger partial charge in [-0.15, -0.1) is 0 Å². The van der Waals surface area contributed by atoms with E-state index < -0.39 is 0 Å². The first-order valence-corrected chi connectivity index (χ1v) is 6.83. The second-order valence-corrected chi connectivity index (χ2v) is 6.54. The minimum absolute atomic E-state index is 0.381. The summed E-state index contributed by atoms with van der Waals surface area (Å²) in [5, 5.41) is 0. The molecule has 0 atom stereocenters. The van der Waals surface area contributed by atoms with E-state index in [4.69, 9.17) is 0 Å². The molecule has 0 unspecified atom stereocenters. The molecule has 17 heavy (non-hydrogen) atoms. The Hall–Kier alpha value is -0.820. The summed E-state index contributed by atoms with van der Waals surface area (Å²) in [6.45, 7) is 10.6.